The third-order valence-corrected chi connectivity index (χ3v) is 1.50. The predicted molar refractivity (Wildman–Crippen MR) is 47.6 cm³/mol. The van der Waals surface area contributed by atoms with Crippen LogP contribution in [0.25, 0.3) is 0 Å². The highest BCUT2D eigenvalue weighted by Crippen LogP contribution is 1.88. The van der Waals surface area contributed by atoms with Crippen LogP contribution in [-0.4, -0.2) is 45.8 Å². The number of aromatic amines is 1. The van der Waals surface area contributed by atoms with Crippen molar-refractivity contribution in [2.75, 3.05) is 13.2 Å². The molecule has 1 atom stereocenters. The Morgan fingerprint density at radius 2 is 2.50 bits per heavy atom. The molecule has 0 saturated carbocycles. The van der Waals surface area contributed by atoms with E-state index in [4.69, 9.17) is 4.74 Å². The number of nitrogens with zero attached hydrogens (tertiary/aromatic N) is 3. The largest absolute Gasteiger partial charge is 0.380 e. The van der Waals surface area contributed by atoms with Crippen molar-refractivity contribution in [3.05, 3.63) is 5.82 Å². The molecule has 0 radical (unpaired) electrons. The standard InChI is InChI=1S/C7H13N5O2/c1-3-14-4-5(2)8-7(13)6-9-11-12-10-6/h5H,3-4H2,1-2H3,(H,8,13)(H,9,10,11,12). The molecule has 0 aromatic carbocycles. The summed E-state index contributed by atoms with van der Waals surface area (Å²) in [5.74, 6) is -0.320. The normalized spacial score (nSPS) is 12.4. The maximum Gasteiger partial charge on any atom is 0.293 e. The van der Waals surface area contributed by atoms with Crippen LogP contribution in [0, 0.1) is 0 Å². The molecule has 2 N–H and O–H groups in total. The summed E-state index contributed by atoms with van der Waals surface area (Å²) in [6.45, 7) is 4.84. The van der Waals surface area contributed by atoms with E-state index >= 15 is 0 Å². The van der Waals surface area contributed by atoms with E-state index in [1.807, 2.05) is 13.8 Å². The second-order valence-corrected chi connectivity index (χ2v) is 2.77. The van der Waals surface area contributed by atoms with Gasteiger partial charge in [0.05, 0.1) is 6.61 Å². The number of carbonyl (C=O) groups is 1. The molecular weight excluding hydrogens is 186 g/mol. The number of hydrogen-bond acceptors (Lipinski definition) is 5. The Labute approximate surface area is 81.2 Å². The average molecular weight is 199 g/mol. The number of nitrogens with one attached hydrogen (secondary N) is 2. The Kier molecular flexibility index (Phi) is 3.99. The maximum atomic E-state index is 11.3. The van der Waals surface area contributed by atoms with Crippen molar-refractivity contribution in [2.24, 2.45) is 0 Å². The van der Waals surface area contributed by atoms with Crippen molar-refractivity contribution < 1.29 is 9.53 Å². The van der Waals surface area contributed by atoms with E-state index in [1.165, 1.54) is 0 Å². The number of carbonyl (C=O) groups excluding carboxylic acids is 1. The molecule has 0 spiro atoms. The van der Waals surface area contributed by atoms with E-state index in [9.17, 15) is 4.79 Å². The summed E-state index contributed by atoms with van der Waals surface area (Å²) in [7, 11) is 0. The number of ether oxygens (including phenoxy) is 1. The van der Waals surface area contributed by atoms with Crippen molar-refractivity contribution >= 4 is 5.91 Å². The Morgan fingerprint density at radius 3 is 3.07 bits per heavy atom. The van der Waals surface area contributed by atoms with Crippen LogP contribution in [0.15, 0.2) is 0 Å². The minimum absolute atomic E-state index is 0.0355. The lowest BCUT2D eigenvalue weighted by molar-refractivity contribution is 0.0862. The molecule has 1 aromatic rings. The highest BCUT2D eigenvalue weighted by Gasteiger charge is 2.13. The van der Waals surface area contributed by atoms with E-state index in [1.54, 1.807) is 0 Å². The monoisotopic (exact) mass is 199 g/mol. The van der Waals surface area contributed by atoms with Crippen molar-refractivity contribution in [1.82, 2.24) is 25.9 Å². The average Bonchev–Trinajstić information content (AvgIpc) is 2.67. The third kappa shape index (κ3) is 3.09. The van der Waals surface area contributed by atoms with Gasteiger partial charge in [-0.3, -0.25) is 4.79 Å². The fraction of sp³-hybridized carbons (Fsp3) is 0.714. The summed E-state index contributed by atoms with van der Waals surface area (Å²) >= 11 is 0. The van der Waals surface area contributed by atoms with Gasteiger partial charge in [-0.1, -0.05) is 0 Å². The van der Waals surface area contributed by atoms with Gasteiger partial charge in [-0.25, -0.2) is 0 Å². The van der Waals surface area contributed by atoms with Crippen LogP contribution < -0.4 is 5.32 Å². The van der Waals surface area contributed by atoms with Gasteiger partial charge in [0.15, 0.2) is 0 Å². The molecule has 1 heterocycles. The molecule has 7 nitrogen and oxygen atoms in total. The molecule has 0 aliphatic heterocycles. The molecular formula is C7H13N5O2. The number of amides is 1. The van der Waals surface area contributed by atoms with Crippen LogP contribution in [0.2, 0.25) is 0 Å². The fourth-order valence-corrected chi connectivity index (χ4v) is 0.883. The van der Waals surface area contributed by atoms with Gasteiger partial charge in [0, 0.05) is 12.6 Å². The highest BCUT2D eigenvalue weighted by atomic mass is 16.5. The molecule has 78 valence electrons. The van der Waals surface area contributed by atoms with Gasteiger partial charge in [0.2, 0.25) is 0 Å². The Morgan fingerprint density at radius 1 is 1.71 bits per heavy atom. The summed E-state index contributed by atoms with van der Waals surface area (Å²) in [5.41, 5.74) is 0. The van der Waals surface area contributed by atoms with E-state index < -0.39 is 0 Å². The first-order chi connectivity index (χ1) is 6.74. The molecule has 1 rings (SSSR count). The number of aromatic nitrogens is 4. The second-order valence-electron chi connectivity index (χ2n) is 2.77. The Balaban J connectivity index is 2.34. The van der Waals surface area contributed by atoms with E-state index in [0.717, 1.165) is 0 Å². The minimum Gasteiger partial charge on any atom is -0.380 e. The van der Waals surface area contributed by atoms with Crippen molar-refractivity contribution in [3.8, 4) is 0 Å². The van der Waals surface area contributed by atoms with Gasteiger partial charge in [0.25, 0.3) is 11.7 Å². The van der Waals surface area contributed by atoms with Crippen LogP contribution in [0.4, 0.5) is 0 Å². The fourth-order valence-electron chi connectivity index (χ4n) is 0.883. The van der Waals surface area contributed by atoms with Gasteiger partial charge in [-0.2, -0.15) is 5.21 Å². The van der Waals surface area contributed by atoms with Crippen LogP contribution in [0.3, 0.4) is 0 Å². The van der Waals surface area contributed by atoms with E-state index in [-0.39, 0.29) is 17.8 Å². The molecule has 0 aliphatic rings. The third-order valence-electron chi connectivity index (χ3n) is 1.50. The summed E-state index contributed by atoms with van der Waals surface area (Å²) < 4.78 is 5.13. The van der Waals surface area contributed by atoms with Crippen molar-refractivity contribution in [3.63, 3.8) is 0 Å². The number of H-pyrrole nitrogens is 1. The lowest BCUT2D eigenvalue weighted by atomic mass is 10.3. The number of rotatable bonds is 5. The zero-order valence-corrected chi connectivity index (χ0v) is 8.15. The highest BCUT2D eigenvalue weighted by molar-refractivity contribution is 5.90. The zero-order chi connectivity index (χ0) is 10.4. The first-order valence-electron chi connectivity index (χ1n) is 4.36. The lowest BCUT2D eigenvalue weighted by Gasteiger charge is -2.11. The quantitative estimate of drug-likeness (QED) is 0.657. The van der Waals surface area contributed by atoms with E-state index in [2.05, 4.69) is 25.9 Å². The van der Waals surface area contributed by atoms with Crippen LogP contribution >= 0.6 is 0 Å². The van der Waals surface area contributed by atoms with Gasteiger partial charge in [-0.05, 0) is 19.1 Å². The van der Waals surface area contributed by atoms with Crippen LogP contribution in [0.1, 0.15) is 24.5 Å². The van der Waals surface area contributed by atoms with Crippen LogP contribution in [-0.2, 0) is 4.74 Å². The van der Waals surface area contributed by atoms with Gasteiger partial charge >= 0.3 is 0 Å². The first kappa shape index (κ1) is 10.6. The molecule has 0 saturated heterocycles. The summed E-state index contributed by atoms with van der Waals surface area (Å²) in [4.78, 5) is 11.3. The molecule has 1 aromatic heterocycles. The van der Waals surface area contributed by atoms with Gasteiger partial charge in [-0.15, -0.1) is 10.2 Å². The predicted octanol–water partition coefficient (Wildman–Crippen LogP) is -0.646. The van der Waals surface area contributed by atoms with E-state index in [0.29, 0.717) is 13.2 Å². The SMILES string of the molecule is CCOCC(C)NC(=O)c1nn[nH]n1. The Hall–Kier alpha value is -1.50. The molecule has 14 heavy (non-hydrogen) atoms. The Bertz CT molecular complexity index is 274. The topological polar surface area (TPSA) is 92.8 Å². The maximum absolute atomic E-state index is 11.3. The summed E-state index contributed by atoms with van der Waals surface area (Å²) in [6, 6.07) is -0.0686. The lowest BCUT2D eigenvalue weighted by Crippen LogP contribution is -2.36. The van der Waals surface area contributed by atoms with Crippen LogP contribution in [0.5, 0.6) is 0 Å². The van der Waals surface area contributed by atoms with Gasteiger partial charge in [0.1, 0.15) is 0 Å². The summed E-state index contributed by atoms with van der Waals surface area (Å²) in [5, 5.41) is 15.3. The molecule has 0 fully saturated rings. The smallest absolute Gasteiger partial charge is 0.293 e. The zero-order valence-electron chi connectivity index (χ0n) is 8.15. The second kappa shape index (κ2) is 5.28. The summed E-state index contributed by atoms with van der Waals surface area (Å²) in [6.07, 6.45) is 0. The van der Waals surface area contributed by atoms with Gasteiger partial charge < -0.3 is 10.1 Å². The molecule has 7 heteroatoms. The van der Waals surface area contributed by atoms with Crippen molar-refractivity contribution in [1.29, 1.82) is 0 Å². The van der Waals surface area contributed by atoms with Crippen molar-refractivity contribution in [2.45, 2.75) is 19.9 Å². The number of hydrogen-bond donors (Lipinski definition) is 2. The molecule has 1 unspecified atom stereocenters. The first-order valence-corrected chi connectivity index (χ1v) is 4.36. The number of tetrazole rings is 1. The minimum atomic E-state index is -0.356. The molecule has 0 bridgehead atoms. The molecule has 1 amide bonds. The molecule has 0 aliphatic carbocycles.